The molecule has 0 saturated carbocycles. The van der Waals surface area contributed by atoms with Gasteiger partial charge in [-0.25, -0.2) is 0 Å². The van der Waals surface area contributed by atoms with E-state index in [4.69, 9.17) is 4.42 Å². The van der Waals surface area contributed by atoms with Crippen molar-refractivity contribution in [3.8, 4) is 0 Å². The number of nitrogens with one attached hydrogen (secondary N) is 1. The van der Waals surface area contributed by atoms with E-state index in [1.165, 1.54) is 0 Å². The molecule has 0 aromatic carbocycles. The van der Waals surface area contributed by atoms with Crippen molar-refractivity contribution in [2.75, 3.05) is 6.61 Å². The summed E-state index contributed by atoms with van der Waals surface area (Å²) >= 11 is 0. The Hall–Kier alpha value is -0.800. The molecular formula is C12H21NO2. The summed E-state index contributed by atoms with van der Waals surface area (Å²) < 4.78 is 5.57. The smallest absolute Gasteiger partial charge is 0.117 e. The molecule has 0 aliphatic heterocycles. The van der Waals surface area contributed by atoms with Crippen molar-refractivity contribution in [2.24, 2.45) is 0 Å². The summed E-state index contributed by atoms with van der Waals surface area (Å²) in [5.41, 5.74) is -0.209. The van der Waals surface area contributed by atoms with E-state index >= 15 is 0 Å². The maximum atomic E-state index is 9.22. The molecule has 0 spiro atoms. The zero-order valence-corrected chi connectivity index (χ0v) is 9.84. The zero-order valence-electron chi connectivity index (χ0n) is 9.84. The number of aliphatic hydroxyl groups is 1. The Morgan fingerprint density at radius 2 is 2.00 bits per heavy atom. The molecule has 0 aliphatic carbocycles. The minimum atomic E-state index is -0.209. The normalized spacial score (nSPS) is 15.2. The van der Waals surface area contributed by atoms with E-state index in [9.17, 15) is 5.11 Å². The third kappa shape index (κ3) is 3.36. The Kier molecular flexibility index (Phi) is 4.36. The van der Waals surface area contributed by atoms with Crippen LogP contribution >= 0.6 is 0 Å². The average molecular weight is 211 g/mol. The molecule has 0 saturated heterocycles. The summed E-state index contributed by atoms with van der Waals surface area (Å²) in [6, 6.07) is 3.98. The van der Waals surface area contributed by atoms with Gasteiger partial charge in [0, 0.05) is 12.0 Å². The van der Waals surface area contributed by atoms with Gasteiger partial charge in [-0.3, -0.25) is 0 Å². The van der Waals surface area contributed by atoms with Gasteiger partial charge in [-0.15, -0.1) is 0 Å². The van der Waals surface area contributed by atoms with Gasteiger partial charge >= 0.3 is 0 Å². The number of furan rings is 1. The monoisotopic (exact) mass is 211 g/mol. The quantitative estimate of drug-likeness (QED) is 0.757. The van der Waals surface area contributed by atoms with Crippen molar-refractivity contribution in [3.63, 3.8) is 0 Å². The Bertz CT molecular complexity index is 290. The van der Waals surface area contributed by atoms with Crippen LogP contribution in [0.1, 0.15) is 38.7 Å². The third-order valence-corrected chi connectivity index (χ3v) is 2.88. The molecule has 0 fully saturated rings. The minimum Gasteiger partial charge on any atom is -0.465 e. The molecule has 86 valence electrons. The van der Waals surface area contributed by atoms with E-state index in [1.807, 2.05) is 19.1 Å². The van der Waals surface area contributed by atoms with Crippen LogP contribution in [0.15, 0.2) is 16.5 Å². The lowest BCUT2D eigenvalue weighted by Gasteiger charge is -2.26. The second-order valence-electron chi connectivity index (χ2n) is 4.15. The van der Waals surface area contributed by atoms with Crippen molar-refractivity contribution >= 4 is 0 Å². The predicted molar refractivity (Wildman–Crippen MR) is 60.7 cm³/mol. The average Bonchev–Trinajstić information content (AvgIpc) is 2.74. The molecule has 3 nitrogen and oxygen atoms in total. The Morgan fingerprint density at radius 3 is 2.47 bits per heavy atom. The first-order valence-electron chi connectivity index (χ1n) is 5.57. The van der Waals surface area contributed by atoms with Gasteiger partial charge in [0.25, 0.3) is 0 Å². The second-order valence-corrected chi connectivity index (χ2v) is 4.15. The van der Waals surface area contributed by atoms with E-state index < -0.39 is 0 Å². The summed E-state index contributed by atoms with van der Waals surface area (Å²) in [4.78, 5) is 0. The van der Waals surface area contributed by atoms with Crippen LogP contribution in [-0.2, 0) is 13.0 Å². The predicted octanol–water partition coefficient (Wildman–Crippen LogP) is 2.09. The highest BCUT2D eigenvalue weighted by Crippen LogP contribution is 2.12. The molecule has 2 N–H and O–H groups in total. The maximum absolute atomic E-state index is 9.22. The molecule has 1 aromatic rings. The number of hydrogen-bond donors (Lipinski definition) is 2. The molecule has 1 unspecified atom stereocenters. The lowest BCUT2D eigenvalue weighted by Crippen LogP contribution is -2.44. The van der Waals surface area contributed by atoms with Crippen molar-refractivity contribution < 1.29 is 9.52 Å². The molecule has 3 heteroatoms. The van der Waals surface area contributed by atoms with E-state index in [0.717, 1.165) is 24.4 Å². The fraction of sp³-hybridized carbons (Fsp3) is 0.667. The van der Waals surface area contributed by atoms with Gasteiger partial charge in [0.05, 0.1) is 13.2 Å². The van der Waals surface area contributed by atoms with E-state index in [0.29, 0.717) is 6.54 Å². The number of rotatable bonds is 6. The van der Waals surface area contributed by atoms with Gasteiger partial charge in [-0.2, -0.15) is 0 Å². The lowest BCUT2D eigenvalue weighted by atomic mass is 10.0. The Balaban J connectivity index is 2.49. The van der Waals surface area contributed by atoms with E-state index in [-0.39, 0.29) is 12.1 Å². The molecule has 1 atom stereocenters. The molecule has 0 amide bonds. The van der Waals surface area contributed by atoms with Crippen molar-refractivity contribution in [3.05, 3.63) is 23.7 Å². The van der Waals surface area contributed by atoms with Crippen molar-refractivity contribution in [2.45, 2.75) is 45.7 Å². The summed E-state index contributed by atoms with van der Waals surface area (Å²) in [5.74, 6) is 1.94. The zero-order chi connectivity index (χ0) is 11.3. The number of hydrogen-bond acceptors (Lipinski definition) is 3. The second kappa shape index (κ2) is 5.33. The SMILES string of the molecule is CCc1ccc(CNC(C)(CC)CO)o1. The molecule has 1 aromatic heterocycles. The molecule has 15 heavy (non-hydrogen) atoms. The van der Waals surface area contributed by atoms with Crippen LogP contribution in [0.5, 0.6) is 0 Å². The first kappa shape index (κ1) is 12.3. The highest BCUT2D eigenvalue weighted by Gasteiger charge is 2.20. The first-order valence-corrected chi connectivity index (χ1v) is 5.57. The molecule has 1 rings (SSSR count). The van der Waals surface area contributed by atoms with Gasteiger partial charge in [-0.05, 0) is 25.5 Å². The molecule has 0 radical (unpaired) electrons. The largest absolute Gasteiger partial charge is 0.465 e. The topological polar surface area (TPSA) is 45.4 Å². The van der Waals surface area contributed by atoms with Crippen molar-refractivity contribution in [1.82, 2.24) is 5.32 Å². The van der Waals surface area contributed by atoms with Crippen molar-refractivity contribution in [1.29, 1.82) is 0 Å². The van der Waals surface area contributed by atoms with Gasteiger partial charge in [0.2, 0.25) is 0 Å². The van der Waals surface area contributed by atoms with Gasteiger partial charge in [0.15, 0.2) is 0 Å². The van der Waals surface area contributed by atoms with Crippen LogP contribution in [0.2, 0.25) is 0 Å². The summed E-state index contributed by atoms with van der Waals surface area (Å²) in [7, 11) is 0. The standard InChI is InChI=1S/C12H21NO2/c1-4-10-6-7-11(15-10)8-13-12(3,5-2)9-14/h6-7,13-14H,4-5,8-9H2,1-3H3. The lowest BCUT2D eigenvalue weighted by molar-refractivity contribution is 0.166. The highest BCUT2D eigenvalue weighted by molar-refractivity contribution is 5.07. The molecule has 0 bridgehead atoms. The summed E-state index contributed by atoms with van der Waals surface area (Å²) in [5, 5.41) is 12.5. The minimum absolute atomic E-state index is 0.144. The van der Waals surface area contributed by atoms with Crippen LogP contribution in [0.25, 0.3) is 0 Å². The van der Waals surface area contributed by atoms with Gasteiger partial charge in [-0.1, -0.05) is 13.8 Å². The Labute approximate surface area is 91.5 Å². The van der Waals surface area contributed by atoms with Gasteiger partial charge in [0.1, 0.15) is 11.5 Å². The summed E-state index contributed by atoms with van der Waals surface area (Å²) in [6.45, 7) is 6.95. The fourth-order valence-electron chi connectivity index (χ4n) is 1.30. The first-order chi connectivity index (χ1) is 7.13. The molecule has 0 aliphatic rings. The van der Waals surface area contributed by atoms with Crippen LogP contribution in [-0.4, -0.2) is 17.3 Å². The molecule has 1 heterocycles. The summed E-state index contributed by atoms with van der Waals surface area (Å²) in [6.07, 6.45) is 1.82. The van der Waals surface area contributed by atoms with Crippen LogP contribution in [0, 0.1) is 0 Å². The Morgan fingerprint density at radius 1 is 1.33 bits per heavy atom. The maximum Gasteiger partial charge on any atom is 0.117 e. The van der Waals surface area contributed by atoms with E-state index in [2.05, 4.69) is 19.2 Å². The molecular weight excluding hydrogens is 190 g/mol. The highest BCUT2D eigenvalue weighted by atomic mass is 16.3. The van der Waals surface area contributed by atoms with Crippen LogP contribution < -0.4 is 5.32 Å². The fourth-order valence-corrected chi connectivity index (χ4v) is 1.30. The number of aryl methyl sites for hydroxylation is 1. The number of aliphatic hydroxyl groups excluding tert-OH is 1. The van der Waals surface area contributed by atoms with Crippen LogP contribution in [0.4, 0.5) is 0 Å². The third-order valence-electron chi connectivity index (χ3n) is 2.88. The van der Waals surface area contributed by atoms with Crippen LogP contribution in [0.3, 0.4) is 0 Å². The van der Waals surface area contributed by atoms with E-state index in [1.54, 1.807) is 0 Å². The van der Waals surface area contributed by atoms with Gasteiger partial charge < -0.3 is 14.8 Å².